The molecule has 2 unspecified atom stereocenters. The second kappa shape index (κ2) is 5.47. The monoisotopic (exact) mass is 217 g/mol. The number of hydrogen-bond acceptors (Lipinski definition) is 3. The topological polar surface area (TPSA) is 69.6 Å². The van der Waals surface area contributed by atoms with Crippen molar-refractivity contribution < 1.29 is 15.0 Å². The van der Waals surface area contributed by atoms with Crippen LogP contribution in [0.15, 0.2) is 0 Å². The van der Waals surface area contributed by atoms with E-state index in [4.69, 9.17) is 5.11 Å². The minimum absolute atomic E-state index is 0.252. The highest BCUT2D eigenvalue weighted by molar-refractivity contribution is 5.73. The summed E-state index contributed by atoms with van der Waals surface area (Å²) >= 11 is 0. The molecule has 0 saturated heterocycles. The standard InChI is InChI=1S/C11H23NO3/c1-7(2)6-9(10(13)14)12-8(3)11(4,5)15/h7-9,12,15H,6H2,1-5H3,(H,13,14). The van der Waals surface area contributed by atoms with E-state index in [1.165, 1.54) is 0 Å². The molecule has 0 heterocycles. The summed E-state index contributed by atoms with van der Waals surface area (Å²) in [5, 5.41) is 21.6. The molecule has 15 heavy (non-hydrogen) atoms. The van der Waals surface area contributed by atoms with Crippen LogP contribution in [-0.4, -0.2) is 33.9 Å². The van der Waals surface area contributed by atoms with Gasteiger partial charge >= 0.3 is 5.97 Å². The number of hydrogen-bond donors (Lipinski definition) is 3. The molecule has 4 heteroatoms. The Morgan fingerprint density at radius 3 is 2.07 bits per heavy atom. The summed E-state index contributed by atoms with van der Waals surface area (Å²) in [6, 6.07) is -0.844. The van der Waals surface area contributed by atoms with Crippen LogP contribution >= 0.6 is 0 Å². The third-order valence-corrected chi connectivity index (χ3v) is 2.52. The summed E-state index contributed by atoms with van der Waals surface area (Å²) in [7, 11) is 0. The lowest BCUT2D eigenvalue weighted by molar-refractivity contribution is -0.140. The van der Waals surface area contributed by atoms with Gasteiger partial charge < -0.3 is 10.2 Å². The Morgan fingerprint density at radius 2 is 1.80 bits per heavy atom. The molecule has 0 aliphatic carbocycles. The molecule has 0 spiro atoms. The minimum Gasteiger partial charge on any atom is -0.480 e. The molecular formula is C11H23NO3. The highest BCUT2D eigenvalue weighted by atomic mass is 16.4. The number of rotatable bonds is 6. The van der Waals surface area contributed by atoms with E-state index in [9.17, 15) is 9.90 Å². The summed E-state index contributed by atoms with van der Waals surface area (Å²) in [5.74, 6) is -0.549. The van der Waals surface area contributed by atoms with Gasteiger partial charge in [0.2, 0.25) is 0 Å². The van der Waals surface area contributed by atoms with Gasteiger partial charge in [-0.25, -0.2) is 0 Å². The van der Waals surface area contributed by atoms with E-state index in [0.29, 0.717) is 12.3 Å². The van der Waals surface area contributed by atoms with Crippen LogP contribution in [0.5, 0.6) is 0 Å². The van der Waals surface area contributed by atoms with Gasteiger partial charge in [-0.15, -0.1) is 0 Å². The molecule has 4 nitrogen and oxygen atoms in total. The van der Waals surface area contributed by atoms with Crippen molar-refractivity contribution in [1.29, 1.82) is 0 Å². The smallest absolute Gasteiger partial charge is 0.320 e. The highest BCUT2D eigenvalue weighted by Crippen LogP contribution is 2.11. The van der Waals surface area contributed by atoms with Crippen LogP contribution in [-0.2, 0) is 4.79 Å². The molecule has 2 atom stereocenters. The molecule has 0 aromatic heterocycles. The first-order valence-electron chi connectivity index (χ1n) is 5.35. The number of nitrogens with one attached hydrogen (secondary N) is 1. The van der Waals surface area contributed by atoms with Crippen LogP contribution in [0.3, 0.4) is 0 Å². The van der Waals surface area contributed by atoms with Crippen molar-refractivity contribution in [3.63, 3.8) is 0 Å². The molecule has 0 amide bonds. The van der Waals surface area contributed by atoms with Gasteiger partial charge in [0.1, 0.15) is 6.04 Å². The molecule has 0 aliphatic heterocycles. The molecule has 0 aromatic rings. The van der Waals surface area contributed by atoms with Crippen LogP contribution in [0.2, 0.25) is 0 Å². The summed E-state index contributed by atoms with van der Waals surface area (Å²) in [6.45, 7) is 9.08. The van der Waals surface area contributed by atoms with Crippen molar-refractivity contribution in [3.8, 4) is 0 Å². The van der Waals surface area contributed by atoms with Crippen LogP contribution < -0.4 is 5.32 Å². The highest BCUT2D eigenvalue weighted by Gasteiger charge is 2.28. The number of aliphatic carboxylic acids is 1. The summed E-state index contributed by atoms with van der Waals surface area (Å²) < 4.78 is 0. The second-order valence-electron chi connectivity index (χ2n) is 5.06. The van der Waals surface area contributed by atoms with Crippen molar-refractivity contribution in [2.75, 3.05) is 0 Å². The first-order chi connectivity index (χ1) is 6.64. The number of aliphatic hydroxyl groups is 1. The fourth-order valence-electron chi connectivity index (χ4n) is 1.22. The Kier molecular flexibility index (Phi) is 5.24. The molecule has 0 saturated carbocycles. The van der Waals surface area contributed by atoms with Crippen molar-refractivity contribution in [3.05, 3.63) is 0 Å². The summed E-state index contributed by atoms with van der Waals surface area (Å²) in [6.07, 6.45) is 0.565. The number of carbonyl (C=O) groups is 1. The van der Waals surface area contributed by atoms with E-state index in [1.807, 2.05) is 13.8 Å². The van der Waals surface area contributed by atoms with Crippen LogP contribution in [0.1, 0.15) is 41.0 Å². The normalized spacial score (nSPS) is 16.5. The maximum absolute atomic E-state index is 11.0. The van der Waals surface area contributed by atoms with Gasteiger partial charge in [-0.3, -0.25) is 10.1 Å². The fourth-order valence-corrected chi connectivity index (χ4v) is 1.22. The van der Waals surface area contributed by atoms with Gasteiger partial charge in [0, 0.05) is 6.04 Å². The van der Waals surface area contributed by atoms with Gasteiger partial charge in [-0.1, -0.05) is 13.8 Å². The first kappa shape index (κ1) is 14.4. The lowest BCUT2D eigenvalue weighted by Crippen LogP contribution is -2.51. The summed E-state index contributed by atoms with van der Waals surface area (Å²) in [4.78, 5) is 11.0. The largest absolute Gasteiger partial charge is 0.480 e. The average molecular weight is 217 g/mol. The van der Waals surface area contributed by atoms with E-state index < -0.39 is 17.6 Å². The third-order valence-electron chi connectivity index (χ3n) is 2.52. The Labute approximate surface area is 91.7 Å². The molecule has 90 valence electrons. The van der Waals surface area contributed by atoms with Crippen LogP contribution in [0, 0.1) is 5.92 Å². The van der Waals surface area contributed by atoms with Crippen LogP contribution in [0.25, 0.3) is 0 Å². The van der Waals surface area contributed by atoms with Gasteiger partial charge in [0.05, 0.1) is 5.60 Å². The summed E-state index contributed by atoms with van der Waals surface area (Å²) in [5.41, 5.74) is -0.912. The second-order valence-corrected chi connectivity index (χ2v) is 5.06. The lowest BCUT2D eigenvalue weighted by atomic mass is 9.97. The quantitative estimate of drug-likeness (QED) is 0.626. The number of carboxylic acids is 1. The lowest BCUT2D eigenvalue weighted by Gasteiger charge is -2.30. The third kappa shape index (κ3) is 5.74. The molecule has 3 N–H and O–H groups in total. The molecule has 0 bridgehead atoms. The Hall–Kier alpha value is -0.610. The maximum Gasteiger partial charge on any atom is 0.320 e. The molecule has 0 fully saturated rings. The molecule has 0 radical (unpaired) electrons. The molecule has 0 rings (SSSR count). The zero-order chi connectivity index (χ0) is 12.2. The molecule has 0 aromatic carbocycles. The van der Waals surface area contributed by atoms with Crippen molar-refractivity contribution in [1.82, 2.24) is 5.32 Å². The van der Waals surface area contributed by atoms with E-state index in [-0.39, 0.29) is 6.04 Å². The van der Waals surface area contributed by atoms with Crippen molar-refractivity contribution in [2.24, 2.45) is 5.92 Å². The maximum atomic E-state index is 11.0. The average Bonchev–Trinajstić information content (AvgIpc) is 1.99. The Bertz CT molecular complexity index is 208. The Balaban J connectivity index is 4.36. The van der Waals surface area contributed by atoms with Gasteiger partial charge in [-0.05, 0) is 33.1 Å². The van der Waals surface area contributed by atoms with E-state index in [2.05, 4.69) is 5.32 Å². The first-order valence-corrected chi connectivity index (χ1v) is 5.35. The fraction of sp³-hybridized carbons (Fsp3) is 0.909. The van der Waals surface area contributed by atoms with Crippen molar-refractivity contribution in [2.45, 2.75) is 58.7 Å². The predicted molar refractivity (Wildman–Crippen MR) is 59.8 cm³/mol. The van der Waals surface area contributed by atoms with Gasteiger partial charge in [-0.2, -0.15) is 0 Å². The van der Waals surface area contributed by atoms with Gasteiger partial charge in [0.15, 0.2) is 0 Å². The van der Waals surface area contributed by atoms with E-state index in [1.54, 1.807) is 20.8 Å². The zero-order valence-electron chi connectivity index (χ0n) is 10.2. The zero-order valence-corrected chi connectivity index (χ0v) is 10.2. The van der Waals surface area contributed by atoms with E-state index >= 15 is 0 Å². The van der Waals surface area contributed by atoms with Crippen molar-refractivity contribution >= 4 is 5.97 Å². The number of carboxylic acid groups (broad SMARTS) is 1. The Morgan fingerprint density at radius 1 is 1.33 bits per heavy atom. The predicted octanol–water partition coefficient (Wildman–Crippen LogP) is 1.23. The van der Waals surface area contributed by atoms with Gasteiger partial charge in [0.25, 0.3) is 0 Å². The molecular weight excluding hydrogens is 194 g/mol. The van der Waals surface area contributed by atoms with Crippen LogP contribution in [0.4, 0.5) is 0 Å². The minimum atomic E-state index is -0.912. The SMILES string of the molecule is CC(C)CC(NC(C)C(C)(C)O)C(=O)O. The van der Waals surface area contributed by atoms with E-state index in [0.717, 1.165) is 0 Å². The molecule has 0 aliphatic rings.